The van der Waals surface area contributed by atoms with Crippen LogP contribution in [0.15, 0.2) is 24.3 Å². The summed E-state index contributed by atoms with van der Waals surface area (Å²) in [5.41, 5.74) is 2.66. The summed E-state index contributed by atoms with van der Waals surface area (Å²) in [5, 5.41) is 13.1. The second-order valence-corrected chi connectivity index (χ2v) is 9.28. The molecule has 4 nitrogen and oxygen atoms in total. The molecule has 0 radical (unpaired) electrons. The molecule has 5 heteroatoms. The Labute approximate surface area is 160 Å². The van der Waals surface area contributed by atoms with Crippen LogP contribution in [0.25, 0.3) is 0 Å². The van der Waals surface area contributed by atoms with E-state index >= 15 is 0 Å². The quantitative estimate of drug-likeness (QED) is 0.760. The normalized spacial score (nSPS) is 15.8. The smallest absolute Gasteiger partial charge is 0.226 e. The van der Waals surface area contributed by atoms with E-state index < -0.39 is 0 Å². The van der Waals surface area contributed by atoms with Crippen LogP contribution >= 0.6 is 11.3 Å². The first-order valence-electron chi connectivity index (χ1n) is 9.64. The van der Waals surface area contributed by atoms with Crippen molar-refractivity contribution in [1.29, 1.82) is 0 Å². The van der Waals surface area contributed by atoms with Crippen LogP contribution in [0.1, 0.15) is 81.3 Å². The number of anilines is 1. The Morgan fingerprint density at radius 2 is 1.81 bits per heavy atom. The van der Waals surface area contributed by atoms with Crippen molar-refractivity contribution < 1.29 is 4.79 Å². The van der Waals surface area contributed by atoms with E-state index in [0.29, 0.717) is 17.5 Å². The minimum atomic E-state index is 0.0104. The number of nitrogens with one attached hydrogen (secondary N) is 1. The monoisotopic (exact) mass is 371 g/mol. The van der Waals surface area contributed by atoms with Gasteiger partial charge in [-0.3, -0.25) is 4.79 Å². The van der Waals surface area contributed by atoms with Crippen LogP contribution in [-0.2, 0) is 16.6 Å². The summed E-state index contributed by atoms with van der Waals surface area (Å²) >= 11 is 1.54. The molecule has 0 unspecified atom stereocenters. The summed E-state index contributed by atoms with van der Waals surface area (Å²) in [6.07, 6.45) is 7.49. The number of nitrogens with zero attached hydrogens (tertiary/aromatic N) is 2. The average Bonchev–Trinajstić information content (AvgIpc) is 3.09. The second-order valence-electron chi connectivity index (χ2n) is 8.28. The Morgan fingerprint density at radius 3 is 2.46 bits per heavy atom. The van der Waals surface area contributed by atoms with Gasteiger partial charge in [0, 0.05) is 12.3 Å². The van der Waals surface area contributed by atoms with Crippen LogP contribution < -0.4 is 5.32 Å². The molecule has 1 fully saturated rings. The lowest BCUT2D eigenvalue weighted by Crippen LogP contribution is -2.13. The third-order valence-electron chi connectivity index (χ3n) is 5.10. The zero-order chi connectivity index (χ0) is 18.6. The van der Waals surface area contributed by atoms with E-state index in [1.165, 1.54) is 54.6 Å². The number of aromatic nitrogens is 2. The summed E-state index contributed by atoms with van der Waals surface area (Å²) in [6.45, 7) is 6.62. The molecule has 0 bridgehead atoms. The lowest BCUT2D eigenvalue weighted by Gasteiger charge is -2.19. The molecule has 3 rings (SSSR count). The zero-order valence-corrected chi connectivity index (χ0v) is 16.9. The van der Waals surface area contributed by atoms with Gasteiger partial charge < -0.3 is 5.32 Å². The van der Waals surface area contributed by atoms with Crippen molar-refractivity contribution in [3.8, 4) is 0 Å². The highest BCUT2D eigenvalue weighted by Crippen LogP contribution is 2.35. The first-order chi connectivity index (χ1) is 12.4. The Balaban J connectivity index is 1.49. The van der Waals surface area contributed by atoms with Gasteiger partial charge in [-0.15, -0.1) is 10.2 Å². The maximum Gasteiger partial charge on any atom is 0.226 e. The molecule has 0 aliphatic heterocycles. The topological polar surface area (TPSA) is 54.9 Å². The molecule has 0 saturated heterocycles. The molecule has 0 atom stereocenters. The fourth-order valence-corrected chi connectivity index (χ4v) is 4.34. The summed E-state index contributed by atoms with van der Waals surface area (Å²) in [4.78, 5) is 12.2. The fourth-order valence-electron chi connectivity index (χ4n) is 3.41. The van der Waals surface area contributed by atoms with E-state index in [2.05, 4.69) is 60.6 Å². The van der Waals surface area contributed by atoms with Gasteiger partial charge >= 0.3 is 0 Å². The standard InChI is InChI=1S/C21H29N3OS/c1-21(2,3)17-12-9-15(10-13-17)11-14-18(25)22-20-24-23-19(26-20)16-7-5-4-6-8-16/h9-10,12-13,16H,4-8,11,14H2,1-3H3,(H,22,24,25). The SMILES string of the molecule is CC(C)(C)c1ccc(CCC(=O)Nc2nnc(C3CCCCC3)s2)cc1. The summed E-state index contributed by atoms with van der Waals surface area (Å²) in [6, 6.07) is 8.57. The third-order valence-corrected chi connectivity index (χ3v) is 6.10. The molecule has 1 aromatic heterocycles. The molecule has 140 valence electrons. The van der Waals surface area contributed by atoms with Crippen molar-refractivity contribution in [3.63, 3.8) is 0 Å². The fraction of sp³-hybridized carbons (Fsp3) is 0.571. The van der Waals surface area contributed by atoms with Gasteiger partial charge in [-0.2, -0.15) is 0 Å². The molecular formula is C21H29N3OS. The summed E-state index contributed by atoms with van der Waals surface area (Å²) < 4.78 is 0. The first-order valence-corrected chi connectivity index (χ1v) is 10.5. The van der Waals surface area contributed by atoms with Gasteiger partial charge in [0.05, 0.1) is 0 Å². The molecule has 0 spiro atoms. The van der Waals surface area contributed by atoms with E-state index in [9.17, 15) is 4.79 Å². The molecule has 1 aliphatic carbocycles. The number of carbonyl (C=O) groups is 1. The van der Waals surface area contributed by atoms with Crippen molar-refractivity contribution in [2.24, 2.45) is 0 Å². The van der Waals surface area contributed by atoms with Gasteiger partial charge in [0.25, 0.3) is 0 Å². The second kappa shape index (κ2) is 8.30. The Hall–Kier alpha value is -1.75. The predicted octanol–water partition coefficient (Wildman–Crippen LogP) is 5.45. The largest absolute Gasteiger partial charge is 0.301 e. The van der Waals surface area contributed by atoms with Crippen LogP contribution in [0, 0.1) is 0 Å². The van der Waals surface area contributed by atoms with Crippen LogP contribution in [-0.4, -0.2) is 16.1 Å². The lowest BCUT2D eigenvalue weighted by molar-refractivity contribution is -0.116. The predicted molar refractivity (Wildman–Crippen MR) is 108 cm³/mol. The maximum absolute atomic E-state index is 12.2. The number of benzene rings is 1. The minimum Gasteiger partial charge on any atom is -0.301 e. The van der Waals surface area contributed by atoms with E-state index in [1.54, 1.807) is 0 Å². The third kappa shape index (κ3) is 5.13. The van der Waals surface area contributed by atoms with Gasteiger partial charge in [0.1, 0.15) is 5.01 Å². The number of aryl methyl sites for hydroxylation is 1. The number of amides is 1. The highest BCUT2D eigenvalue weighted by Gasteiger charge is 2.20. The van der Waals surface area contributed by atoms with Gasteiger partial charge in [0.2, 0.25) is 11.0 Å². The molecule has 1 aliphatic rings. The van der Waals surface area contributed by atoms with E-state index in [1.807, 2.05) is 0 Å². The average molecular weight is 372 g/mol. The van der Waals surface area contributed by atoms with Crippen molar-refractivity contribution in [3.05, 3.63) is 40.4 Å². The molecule has 1 N–H and O–H groups in total. The van der Waals surface area contributed by atoms with Crippen molar-refractivity contribution in [1.82, 2.24) is 10.2 Å². The maximum atomic E-state index is 12.2. The summed E-state index contributed by atoms with van der Waals surface area (Å²) in [7, 11) is 0. The first kappa shape index (κ1) is 19.0. The van der Waals surface area contributed by atoms with Gasteiger partial charge in [-0.25, -0.2) is 0 Å². The molecule has 1 heterocycles. The molecule has 1 amide bonds. The van der Waals surface area contributed by atoms with Crippen LogP contribution in [0.5, 0.6) is 0 Å². The van der Waals surface area contributed by atoms with E-state index in [4.69, 9.17) is 0 Å². The van der Waals surface area contributed by atoms with Crippen molar-refractivity contribution in [2.45, 2.75) is 77.0 Å². The highest BCUT2D eigenvalue weighted by atomic mass is 32.1. The zero-order valence-electron chi connectivity index (χ0n) is 16.0. The van der Waals surface area contributed by atoms with Gasteiger partial charge in [-0.05, 0) is 35.8 Å². The molecule has 1 saturated carbocycles. The van der Waals surface area contributed by atoms with Crippen LogP contribution in [0.4, 0.5) is 5.13 Å². The van der Waals surface area contributed by atoms with Crippen molar-refractivity contribution >= 4 is 22.4 Å². The van der Waals surface area contributed by atoms with Crippen LogP contribution in [0.2, 0.25) is 0 Å². The lowest BCUT2D eigenvalue weighted by atomic mass is 9.86. The minimum absolute atomic E-state index is 0.0104. The van der Waals surface area contributed by atoms with E-state index in [-0.39, 0.29) is 11.3 Å². The Morgan fingerprint density at radius 1 is 1.12 bits per heavy atom. The number of rotatable bonds is 5. The van der Waals surface area contributed by atoms with Gasteiger partial charge in [-0.1, -0.05) is 75.6 Å². The molecular weight excluding hydrogens is 342 g/mol. The van der Waals surface area contributed by atoms with Crippen LogP contribution in [0.3, 0.4) is 0 Å². The molecule has 2 aromatic rings. The summed E-state index contributed by atoms with van der Waals surface area (Å²) in [5.74, 6) is 0.546. The van der Waals surface area contributed by atoms with E-state index in [0.717, 1.165) is 11.4 Å². The highest BCUT2D eigenvalue weighted by molar-refractivity contribution is 7.15. The Bertz CT molecular complexity index is 724. The van der Waals surface area contributed by atoms with Crippen molar-refractivity contribution in [2.75, 3.05) is 5.32 Å². The number of hydrogen-bond acceptors (Lipinski definition) is 4. The van der Waals surface area contributed by atoms with Gasteiger partial charge in [0.15, 0.2) is 0 Å². The number of carbonyl (C=O) groups excluding carboxylic acids is 1. The Kier molecular flexibility index (Phi) is 6.07. The molecule has 26 heavy (non-hydrogen) atoms. The number of hydrogen-bond donors (Lipinski definition) is 1. The molecule has 1 aromatic carbocycles.